The van der Waals surface area contributed by atoms with Gasteiger partial charge in [-0.25, -0.2) is 4.99 Å². The van der Waals surface area contributed by atoms with E-state index in [-0.39, 0.29) is 0 Å². The zero-order valence-electron chi connectivity index (χ0n) is 11.9. The summed E-state index contributed by atoms with van der Waals surface area (Å²) in [5, 5.41) is 0. The number of hydrogen-bond acceptors (Lipinski definition) is 1. The van der Waals surface area contributed by atoms with Crippen LogP contribution in [0.3, 0.4) is 0 Å². The van der Waals surface area contributed by atoms with Crippen LogP contribution in [-0.4, -0.2) is 5.84 Å². The molecule has 0 aliphatic carbocycles. The third kappa shape index (κ3) is 6.61. The first-order valence-corrected chi connectivity index (χ1v) is 6.90. The highest BCUT2D eigenvalue weighted by Crippen LogP contribution is 2.14. The van der Waals surface area contributed by atoms with Gasteiger partial charge in [0.1, 0.15) is 0 Å². The molecule has 1 rings (SSSR count). The first-order chi connectivity index (χ1) is 9.26. The first kappa shape index (κ1) is 15.2. The minimum absolute atomic E-state index is 0.515. The first-order valence-electron chi connectivity index (χ1n) is 6.90. The Balaban J connectivity index is 2.54. The van der Waals surface area contributed by atoms with E-state index >= 15 is 0 Å². The minimum atomic E-state index is 0.515. The maximum absolute atomic E-state index is 5.66. The Kier molecular flexibility index (Phi) is 7.33. The second-order valence-electron chi connectivity index (χ2n) is 4.57. The number of nitrogens with zero attached hydrogens (tertiary/aromatic N) is 1. The van der Waals surface area contributed by atoms with E-state index in [9.17, 15) is 0 Å². The van der Waals surface area contributed by atoms with E-state index in [1.54, 1.807) is 0 Å². The fourth-order valence-corrected chi connectivity index (χ4v) is 1.89. The smallest absolute Gasteiger partial charge is 0.0986 e. The van der Waals surface area contributed by atoms with Gasteiger partial charge in [-0.05, 0) is 31.2 Å². The maximum Gasteiger partial charge on any atom is 0.0986 e. The van der Waals surface area contributed by atoms with E-state index in [1.165, 1.54) is 5.56 Å². The van der Waals surface area contributed by atoms with Gasteiger partial charge in [0.15, 0.2) is 0 Å². The Morgan fingerprint density at radius 1 is 1.32 bits per heavy atom. The zero-order chi connectivity index (χ0) is 13.9. The summed E-state index contributed by atoms with van der Waals surface area (Å²) < 4.78 is 0. The van der Waals surface area contributed by atoms with Crippen molar-refractivity contribution >= 4 is 5.84 Å². The van der Waals surface area contributed by atoms with Crippen molar-refractivity contribution in [3.8, 4) is 0 Å². The molecule has 0 radical (unpaired) electrons. The molecule has 0 bridgehead atoms. The van der Waals surface area contributed by atoms with Crippen LogP contribution in [0.2, 0.25) is 0 Å². The summed E-state index contributed by atoms with van der Waals surface area (Å²) in [6.45, 7) is 4.07. The van der Waals surface area contributed by atoms with Crippen LogP contribution in [0.25, 0.3) is 0 Å². The van der Waals surface area contributed by atoms with Gasteiger partial charge in [-0.2, -0.15) is 0 Å². The second kappa shape index (κ2) is 9.15. The van der Waals surface area contributed by atoms with Crippen molar-refractivity contribution in [2.75, 3.05) is 0 Å². The van der Waals surface area contributed by atoms with Gasteiger partial charge in [0.25, 0.3) is 0 Å². The molecule has 0 spiro atoms. The Morgan fingerprint density at radius 2 is 2.05 bits per heavy atom. The third-order valence-corrected chi connectivity index (χ3v) is 2.95. The van der Waals surface area contributed by atoms with Crippen LogP contribution in [0.5, 0.6) is 0 Å². The van der Waals surface area contributed by atoms with Crippen LogP contribution in [0.1, 0.15) is 32.3 Å². The molecule has 1 aromatic rings. The largest absolute Gasteiger partial charge is 0.387 e. The minimum Gasteiger partial charge on any atom is -0.387 e. The zero-order valence-corrected chi connectivity index (χ0v) is 11.9. The molecular formula is C17H24N2. The molecule has 1 unspecified atom stereocenters. The molecule has 0 amide bonds. The summed E-state index contributed by atoms with van der Waals surface area (Å²) in [6, 6.07) is 10.6. The fraction of sp³-hybridized carbons (Fsp3) is 0.353. The number of rotatable bonds is 7. The van der Waals surface area contributed by atoms with Gasteiger partial charge in [-0.3, -0.25) is 0 Å². The van der Waals surface area contributed by atoms with Crippen LogP contribution in [0.4, 0.5) is 0 Å². The average molecular weight is 256 g/mol. The van der Waals surface area contributed by atoms with Crippen molar-refractivity contribution in [2.45, 2.75) is 33.1 Å². The lowest BCUT2D eigenvalue weighted by molar-refractivity contribution is 0.657. The number of nitrogens with two attached hydrogens (primary N) is 1. The van der Waals surface area contributed by atoms with Crippen molar-refractivity contribution in [3.63, 3.8) is 0 Å². The molecule has 0 saturated carbocycles. The van der Waals surface area contributed by atoms with Crippen molar-refractivity contribution < 1.29 is 0 Å². The molecular weight excluding hydrogens is 232 g/mol. The molecule has 0 fully saturated rings. The summed E-state index contributed by atoms with van der Waals surface area (Å²) in [7, 11) is 0. The molecule has 0 aliphatic heterocycles. The molecule has 1 aromatic carbocycles. The van der Waals surface area contributed by atoms with Crippen molar-refractivity contribution in [1.82, 2.24) is 0 Å². The van der Waals surface area contributed by atoms with E-state index in [0.29, 0.717) is 11.8 Å². The molecule has 19 heavy (non-hydrogen) atoms. The summed E-state index contributed by atoms with van der Waals surface area (Å²) in [4.78, 5) is 4.17. The van der Waals surface area contributed by atoms with Crippen LogP contribution < -0.4 is 5.73 Å². The molecule has 0 aliphatic rings. The SMILES string of the molecule is CC=CC(CC=CN=C(N)CC)Cc1ccccc1. The van der Waals surface area contributed by atoms with Crippen LogP contribution in [0, 0.1) is 5.92 Å². The van der Waals surface area contributed by atoms with E-state index in [2.05, 4.69) is 60.5 Å². The topological polar surface area (TPSA) is 38.4 Å². The van der Waals surface area contributed by atoms with Gasteiger partial charge in [0.05, 0.1) is 5.84 Å². The Hall–Kier alpha value is -1.83. The Bertz CT molecular complexity index is 430. The lowest BCUT2D eigenvalue weighted by Crippen LogP contribution is -2.08. The number of benzene rings is 1. The molecule has 0 heterocycles. The highest BCUT2D eigenvalue weighted by molar-refractivity contribution is 5.80. The van der Waals surface area contributed by atoms with Crippen LogP contribution in [-0.2, 0) is 6.42 Å². The third-order valence-electron chi connectivity index (χ3n) is 2.95. The summed E-state index contributed by atoms with van der Waals surface area (Å²) in [6.07, 6.45) is 11.1. The van der Waals surface area contributed by atoms with E-state index in [1.807, 2.05) is 13.1 Å². The quantitative estimate of drug-likeness (QED) is 0.445. The van der Waals surface area contributed by atoms with Crippen LogP contribution in [0.15, 0.2) is 59.8 Å². The highest BCUT2D eigenvalue weighted by Gasteiger charge is 2.03. The molecule has 2 nitrogen and oxygen atoms in total. The number of aliphatic imine (C=N–C) groups is 1. The maximum atomic E-state index is 5.66. The number of hydrogen-bond donors (Lipinski definition) is 1. The summed E-state index contributed by atoms with van der Waals surface area (Å²) >= 11 is 0. The van der Waals surface area contributed by atoms with E-state index in [4.69, 9.17) is 5.73 Å². The lowest BCUT2D eigenvalue weighted by Gasteiger charge is -2.10. The molecule has 102 valence electrons. The van der Waals surface area contributed by atoms with Gasteiger partial charge in [-0.15, -0.1) is 0 Å². The van der Waals surface area contributed by atoms with E-state index in [0.717, 1.165) is 19.3 Å². The molecule has 0 saturated heterocycles. The fourth-order valence-electron chi connectivity index (χ4n) is 1.89. The number of amidine groups is 1. The Morgan fingerprint density at radius 3 is 2.68 bits per heavy atom. The lowest BCUT2D eigenvalue weighted by atomic mass is 9.96. The normalized spacial score (nSPS) is 14.3. The summed E-state index contributed by atoms with van der Waals surface area (Å²) in [5.41, 5.74) is 7.03. The Labute approximate surface area is 116 Å². The van der Waals surface area contributed by atoms with Crippen molar-refractivity contribution in [2.24, 2.45) is 16.6 Å². The van der Waals surface area contributed by atoms with Gasteiger partial charge >= 0.3 is 0 Å². The van der Waals surface area contributed by atoms with Crippen LogP contribution >= 0.6 is 0 Å². The molecule has 2 N–H and O–H groups in total. The predicted octanol–water partition coefficient (Wildman–Crippen LogP) is 4.09. The second-order valence-corrected chi connectivity index (χ2v) is 4.57. The van der Waals surface area contributed by atoms with Gasteiger partial charge in [0, 0.05) is 12.6 Å². The van der Waals surface area contributed by atoms with Gasteiger partial charge in [0.2, 0.25) is 0 Å². The van der Waals surface area contributed by atoms with E-state index < -0.39 is 0 Å². The monoisotopic (exact) mass is 256 g/mol. The van der Waals surface area contributed by atoms with Gasteiger partial charge < -0.3 is 5.73 Å². The highest BCUT2D eigenvalue weighted by atomic mass is 14.8. The summed E-state index contributed by atoms with van der Waals surface area (Å²) in [5.74, 6) is 1.20. The van der Waals surface area contributed by atoms with Crippen molar-refractivity contribution in [1.29, 1.82) is 0 Å². The average Bonchev–Trinajstić information content (AvgIpc) is 2.44. The predicted molar refractivity (Wildman–Crippen MR) is 84.1 cm³/mol. The molecule has 0 aromatic heterocycles. The number of allylic oxidation sites excluding steroid dienone is 3. The van der Waals surface area contributed by atoms with Gasteiger partial charge in [-0.1, -0.05) is 55.5 Å². The van der Waals surface area contributed by atoms with Crippen molar-refractivity contribution in [3.05, 3.63) is 60.3 Å². The molecule has 2 heteroatoms. The standard InChI is InChI=1S/C17H24N2/c1-3-9-15(12-8-13-19-17(18)4-2)14-16-10-6-5-7-11-16/h3,5-11,13,15H,4,12,14H2,1-2H3,(H2,18,19). The molecule has 1 atom stereocenters.